The molecule has 0 amide bonds. The topological polar surface area (TPSA) is 28.0 Å². The minimum Gasteiger partial charge on any atom is -0.364 e. The summed E-state index contributed by atoms with van der Waals surface area (Å²) in [6.07, 6.45) is 2.51. The lowest BCUT2D eigenvalue weighted by Crippen LogP contribution is -2.23. The van der Waals surface area contributed by atoms with Crippen molar-refractivity contribution in [2.24, 2.45) is 16.1 Å². The van der Waals surface area contributed by atoms with Gasteiger partial charge in [-0.2, -0.15) is 5.10 Å². The van der Waals surface area contributed by atoms with Crippen molar-refractivity contribution in [2.75, 3.05) is 14.1 Å². The molecule has 1 saturated carbocycles. The Morgan fingerprint density at radius 3 is 2.40 bits per heavy atom. The van der Waals surface area contributed by atoms with E-state index in [0.717, 1.165) is 5.84 Å². The fourth-order valence-corrected chi connectivity index (χ4v) is 0.950. The van der Waals surface area contributed by atoms with E-state index in [9.17, 15) is 0 Å². The van der Waals surface area contributed by atoms with E-state index >= 15 is 0 Å². The van der Waals surface area contributed by atoms with Crippen LogP contribution in [0.25, 0.3) is 0 Å². The molecule has 0 N–H and O–H groups in total. The van der Waals surface area contributed by atoms with E-state index < -0.39 is 0 Å². The summed E-state index contributed by atoms with van der Waals surface area (Å²) in [7, 11) is 3.98. The smallest absolute Gasteiger partial charge is 0.130 e. The predicted octanol–water partition coefficient (Wildman–Crippen LogP) is 0.972. The molecule has 0 atom stereocenters. The lowest BCUT2D eigenvalue weighted by atomic mass is 10.4. The van der Waals surface area contributed by atoms with Crippen LogP contribution < -0.4 is 0 Å². The first-order chi connectivity index (χ1) is 4.75. The number of amidine groups is 1. The van der Waals surface area contributed by atoms with Gasteiger partial charge in [-0.1, -0.05) is 0 Å². The molecule has 0 aromatic heterocycles. The number of hydrogen-bond acceptors (Lipinski definition) is 2. The Balaban J connectivity index is 2.57. The predicted molar refractivity (Wildman–Crippen MR) is 43.4 cm³/mol. The summed E-state index contributed by atoms with van der Waals surface area (Å²) in [5, 5.41) is 7.46. The molecule has 3 nitrogen and oxygen atoms in total. The first kappa shape index (κ1) is 7.25. The molecule has 3 heteroatoms. The van der Waals surface area contributed by atoms with E-state index in [-0.39, 0.29) is 0 Å². The van der Waals surface area contributed by atoms with Crippen molar-refractivity contribution in [3.8, 4) is 0 Å². The molecule has 1 aliphatic rings. The van der Waals surface area contributed by atoms with Crippen molar-refractivity contribution < 1.29 is 0 Å². The summed E-state index contributed by atoms with van der Waals surface area (Å²) in [5.41, 5.74) is 0. The van der Waals surface area contributed by atoms with Gasteiger partial charge in [0.2, 0.25) is 0 Å². The van der Waals surface area contributed by atoms with Gasteiger partial charge < -0.3 is 4.90 Å². The van der Waals surface area contributed by atoms with E-state index in [0.29, 0.717) is 5.92 Å². The molecule has 1 aliphatic carbocycles. The van der Waals surface area contributed by atoms with Crippen LogP contribution in [0.4, 0.5) is 0 Å². The highest BCUT2D eigenvalue weighted by atomic mass is 15.3. The summed E-state index contributed by atoms with van der Waals surface area (Å²) in [6.45, 7) is 3.33. The van der Waals surface area contributed by atoms with Gasteiger partial charge in [-0.15, -0.1) is 5.10 Å². The molecule has 0 bridgehead atoms. The van der Waals surface area contributed by atoms with Crippen molar-refractivity contribution >= 4 is 12.6 Å². The Bertz CT molecular complexity index is 152. The second kappa shape index (κ2) is 2.82. The fraction of sp³-hybridized carbons (Fsp3) is 0.714. The van der Waals surface area contributed by atoms with Crippen LogP contribution in [0.5, 0.6) is 0 Å². The molecule has 10 heavy (non-hydrogen) atoms. The highest BCUT2D eigenvalue weighted by Gasteiger charge is 2.28. The molecule has 0 aliphatic heterocycles. The molecule has 0 heterocycles. The molecule has 0 spiro atoms. The third-order valence-electron chi connectivity index (χ3n) is 1.57. The molecule has 0 saturated heterocycles. The molecular formula is C7H13N3. The van der Waals surface area contributed by atoms with Gasteiger partial charge in [0, 0.05) is 26.7 Å². The zero-order chi connectivity index (χ0) is 7.56. The van der Waals surface area contributed by atoms with Crippen LogP contribution in [0.15, 0.2) is 10.2 Å². The molecule has 0 radical (unpaired) electrons. The number of nitrogens with zero attached hydrogens (tertiary/aromatic N) is 3. The van der Waals surface area contributed by atoms with Gasteiger partial charge in [0.15, 0.2) is 0 Å². The summed E-state index contributed by atoms with van der Waals surface area (Å²) in [6, 6.07) is 0. The monoisotopic (exact) mass is 139 g/mol. The molecule has 56 valence electrons. The van der Waals surface area contributed by atoms with Crippen molar-refractivity contribution in [1.82, 2.24) is 4.90 Å². The van der Waals surface area contributed by atoms with Gasteiger partial charge in [0.05, 0.1) is 0 Å². The summed E-state index contributed by atoms with van der Waals surface area (Å²) < 4.78 is 0. The second-order valence-corrected chi connectivity index (χ2v) is 2.77. The quantitative estimate of drug-likeness (QED) is 0.318. The first-order valence-corrected chi connectivity index (χ1v) is 3.46. The Hall–Kier alpha value is -0.860. The summed E-state index contributed by atoms with van der Waals surface area (Å²) in [4.78, 5) is 2.01. The maximum absolute atomic E-state index is 3.94. The third kappa shape index (κ3) is 1.56. The summed E-state index contributed by atoms with van der Waals surface area (Å²) >= 11 is 0. The van der Waals surface area contributed by atoms with Crippen molar-refractivity contribution in [3.05, 3.63) is 0 Å². The van der Waals surface area contributed by atoms with E-state index in [1.54, 1.807) is 0 Å². The minimum absolute atomic E-state index is 0.653. The van der Waals surface area contributed by atoms with Crippen LogP contribution in [0, 0.1) is 5.92 Å². The number of rotatable bonds is 2. The SMILES string of the molecule is C=N/N=C(/C1CC1)N(C)C. The lowest BCUT2D eigenvalue weighted by molar-refractivity contribution is 0.595. The Kier molecular flexibility index (Phi) is 2.04. The van der Waals surface area contributed by atoms with Crippen LogP contribution in [0.3, 0.4) is 0 Å². The molecule has 0 unspecified atom stereocenters. The maximum Gasteiger partial charge on any atom is 0.130 e. The van der Waals surface area contributed by atoms with Crippen LogP contribution >= 0.6 is 0 Å². The molecule has 0 aromatic rings. The van der Waals surface area contributed by atoms with Gasteiger partial charge >= 0.3 is 0 Å². The minimum atomic E-state index is 0.653. The Labute approximate surface area is 61.4 Å². The zero-order valence-electron chi connectivity index (χ0n) is 6.54. The fourth-order valence-electron chi connectivity index (χ4n) is 0.950. The lowest BCUT2D eigenvalue weighted by Gasteiger charge is -2.12. The van der Waals surface area contributed by atoms with Crippen LogP contribution in [-0.2, 0) is 0 Å². The van der Waals surface area contributed by atoms with E-state index in [2.05, 4.69) is 16.9 Å². The maximum atomic E-state index is 3.94. The average Bonchev–Trinajstić information content (AvgIpc) is 2.63. The molecule has 1 fully saturated rings. The van der Waals surface area contributed by atoms with E-state index in [4.69, 9.17) is 0 Å². The molecule has 1 rings (SSSR count). The molecule has 0 aromatic carbocycles. The van der Waals surface area contributed by atoms with Crippen molar-refractivity contribution in [1.29, 1.82) is 0 Å². The zero-order valence-corrected chi connectivity index (χ0v) is 6.54. The van der Waals surface area contributed by atoms with Gasteiger partial charge in [-0.3, -0.25) is 0 Å². The normalized spacial score (nSPS) is 18.8. The molecular weight excluding hydrogens is 126 g/mol. The highest BCUT2D eigenvalue weighted by Crippen LogP contribution is 2.31. The van der Waals surface area contributed by atoms with E-state index in [1.165, 1.54) is 12.8 Å². The van der Waals surface area contributed by atoms with Gasteiger partial charge in [-0.25, -0.2) is 0 Å². The van der Waals surface area contributed by atoms with Crippen LogP contribution in [-0.4, -0.2) is 31.5 Å². The average molecular weight is 139 g/mol. The highest BCUT2D eigenvalue weighted by molar-refractivity contribution is 5.86. The van der Waals surface area contributed by atoms with Crippen LogP contribution in [0.2, 0.25) is 0 Å². The second-order valence-electron chi connectivity index (χ2n) is 2.77. The number of hydrogen-bond donors (Lipinski definition) is 0. The van der Waals surface area contributed by atoms with Crippen molar-refractivity contribution in [3.63, 3.8) is 0 Å². The van der Waals surface area contributed by atoms with E-state index in [1.807, 2.05) is 19.0 Å². The van der Waals surface area contributed by atoms with Crippen LogP contribution in [0.1, 0.15) is 12.8 Å². The van der Waals surface area contributed by atoms with Crippen molar-refractivity contribution in [2.45, 2.75) is 12.8 Å². The van der Waals surface area contributed by atoms with Gasteiger partial charge in [0.1, 0.15) is 5.84 Å². The first-order valence-electron chi connectivity index (χ1n) is 3.46. The standard InChI is InChI=1S/C7H13N3/c1-8-9-7(10(2)3)6-4-5-6/h6H,1,4-5H2,2-3H3/b9-7-. The van der Waals surface area contributed by atoms with Gasteiger partial charge in [0.25, 0.3) is 0 Å². The largest absolute Gasteiger partial charge is 0.364 e. The Morgan fingerprint density at radius 1 is 1.50 bits per heavy atom. The Morgan fingerprint density at radius 2 is 2.10 bits per heavy atom. The third-order valence-corrected chi connectivity index (χ3v) is 1.57. The van der Waals surface area contributed by atoms with Gasteiger partial charge in [-0.05, 0) is 12.8 Å². The summed E-state index contributed by atoms with van der Waals surface area (Å²) in [5.74, 6) is 1.72.